The van der Waals surface area contributed by atoms with Crippen molar-refractivity contribution in [3.63, 3.8) is 0 Å². The molecule has 1 atom stereocenters. The fourth-order valence-corrected chi connectivity index (χ4v) is 2.05. The number of carbonyl (C=O) groups is 1. The van der Waals surface area contributed by atoms with E-state index in [2.05, 4.69) is 5.32 Å². The quantitative estimate of drug-likeness (QED) is 0.576. The van der Waals surface area contributed by atoms with E-state index < -0.39 is 17.7 Å². The second-order valence-electron chi connectivity index (χ2n) is 6.73. The van der Waals surface area contributed by atoms with Crippen molar-refractivity contribution in [2.24, 2.45) is 5.73 Å². The van der Waals surface area contributed by atoms with Crippen LogP contribution in [0.3, 0.4) is 0 Å². The van der Waals surface area contributed by atoms with Crippen molar-refractivity contribution >= 4 is 11.8 Å². The summed E-state index contributed by atoms with van der Waals surface area (Å²) in [5.74, 6) is 0. The molecule has 0 saturated heterocycles. The molecule has 0 saturated carbocycles. The number of allylic oxidation sites excluding steroid dienone is 2. The smallest absolute Gasteiger partial charge is 0.407 e. The van der Waals surface area contributed by atoms with Crippen molar-refractivity contribution in [2.75, 3.05) is 6.61 Å². The number of ether oxygens (including phenoxy) is 1. The molecule has 1 unspecified atom stereocenters. The maximum Gasteiger partial charge on any atom is 0.407 e. The molecule has 5 nitrogen and oxygen atoms in total. The van der Waals surface area contributed by atoms with Gasteiger partial charge in [0.2, 0.25) is 0 Å². The van der Waals surface area contributed by atoms with Crippen LogP contribution in [0.2, 0.25) is 0 Å². The first-order valence-electron chi connectivity index (χ1n) is 10.00. The number of aliphatic hydroxyl groups excluding tert-OH is 1. The Morgan fingerprint density at radius 3 is 2.14 bits per heavy atom. The van der Waals surface area contributed by atoms with Crippen LogP contribution in [-0.4, -0.2) is 29.4 Å². The van der Waals surface area contributed by atoms with Crippen molar-refractivity contribution < 1.29 is 14.6 Å². The Hall–Kier alpha value is -2.27. The number of aliphatic hydroxyl groups is 1. The molecule has 0 aromatic heterocycles. The standard InChI is InChI=1S/C19H28N2O3.2C2H6/c1-14(10-11-17(20)15-8-6-5-7-9-15)12-16(13-22)21-18(23)24-19(2,3)4;2*1-2/h5-11,16,22H,12-13,20H2,1-4H3,(H,21,23);2*1-2H3/b14-10+,17-11-;;. The number of nitrogens with one attached hydrogen (secondary N) is 1. The number of alkyl carbamates (subject to hydrolysis) is 1. The van der Waals surface area contributed by atoms with E-state index in [-0.39, 0.29) is 6.61 Å². The van der Waals surface area contributed by atoms with E-state index >= 15 is 0 Å². The lowest BCUT2D eigenvalue weighted by atomic mass is 10.1. The molecule has 0 aliphatic carbocycles. The molecule has 5 heteroatoms. The normalized spacial score (nSPS) is 12.6. The Labute approximate surface area is 171 Å². The summed E-state index contributed by atoms with van der Waals surface area (Å²) in [6.07, 6.45) is 3.69. The molecule has 0 spiro atoms. The number of nitrogens with two attached hydrogens (primary N) is 1. The molecule has 1 aromatic carbocycles. The second-order valence-corrected chi connectivity index (χ2v) is 6.73. The average molecular weight is 393 g/mol. The number of amides is 1. The molecule has 4 N–H and O–H groups in total. The highest BCUT2D eigenvalue weighted by atomic mass is 16.6. The van der Waals surface area contributed by atoms with Gasteiger partial charge in [-0.25, -0.2) is 4.79 Å². The lowest BCUT2D eigenvalue weighted by molar-refractivity contribution is 0.0483. The third-order valence-electron chi connectivity index (χ3n) is 3.16. The predicted molar refractivity (Wildman–Crippen MR) is 120 cm³/mol. The minimum atomic E-state index is -0.568. The number of hydrogen-bond acceptors (Lipinski definition) is 4. The van der Waals surface area contributed by atoms with Crippen LogP contribution < -0.4 is 11.1 Å². The topological polar surface area (TPSA) is 84.6 Å². The maximum atomic E-state index is 11.8. The van der Waals surface area contributed by atoms with E-state index in [1.807, 2.05) is 77.1 Å². The Bertz CT molecular complexity index is 588. The average Bonchev–Trinajstić information content (AvgIpc) is 2.68. The van der Waals surface area contributed by atoms with E-state index in [0.29, 0.717) is 12.1 Å². The fraction of sp³-hybridized carbons (Fsp3) is 0.522. The van der Waals surface area contributed by atoms with Crippen molar-refractivity contribution in [1.29, 1.82) is 0 Å². The first-order chi connectivity index (χ1) is 13.2. The van der Waals surface area contributed by atoms with E-state index in [1.165, 1.54) is 0 Å². The minimum Gasteiger partial charge on any atom is -0.444 e. The van der Waals surface area contributed by atoms with Gasteiger partial charge in [0.05, 0.1) is 12.6 Å². The summed E-state index contributed by atoms with van der Waals surface area (Å²) in [7, 11) is 0. The first-order valence-corrected chi connectivity index (χ1v) is 10.00. The van der Waals surface area contributed by atoms with Gasteiger partial charge in [0.1, 0.15) is 5.60 Å². The van der Waals surface area contributed by atoms with Gasteiger partial charge in [0, 0.05) is 5.70 Å². The second kappa shape index (κ2) is 15.8. The number of rotatable bonds is 6. The van der Waals surface area contributed by atoms with Gasteiger partial charge in [0.15, 0.2) is 0 Å². The van der Waals surface area contributed by atoms with E-state index in [4.69, 9.17) is 10.5 Å². The van der Waals surface area contributed by atoms with Gasteiger partial charge in [-0.05, 0) is 45.8 Å². The van der Waals surface area contributed by atoms with Crippen LogP contribution in [0, 0.1) is 0 Å². The summed E-state index contributed by atoms with van der Waals surface area (Å²) in [6, 6.07) is 9.28. The molecule has 0 heterocycles. The molecule has 0 aliphatic rings. The maximum absolute atomic E-state index is 11.8. The SMILES string of the molecule is C/C(=C\C=C(/N)c1ccccc1)CC(CO)NC(=O)OC(C)(C)C.CC.CC. The largest absolute Gasteiger partial charge is 0.444 e. The Morgan fingerprint density at radius 1 is 1.14 bits per heavy atom. The number of hydrogen-bond donors (Lipinski definition) is 3. The minimum absolute atomic E-state index is 0.164. The van der Waals surface area contributed by atoms with Crippen LogP contribution in [-0.2, 0) is 4.74 Å². The summed E-state index contributed by atoms with van der Waals surface area (Å²) in [4.78, 5) is 11.8. The Kier molecular flexibility index (Phi) is 15.7. The van der Waals surface area contributed by atoms with E-state index in [1.54, 1.807) is 20.8 Å². The molecule has 0 fully saturated rings. The van der Waals surface area contributed by atoms with Crippen molar-refractivity contribution in [3.8, 4) is 0 Å². The lowest BCUT2D eigenvalue weighted by Crippen LogP contribution is -2.41. The van der Waals surface area contributed by atoms with Crippen LogP contribution in [0.25, 0.3) is 5.70 Å². The van der Waals surface area contributed by atoms with Crippen molar-refractivity contribution in [3.05, 3.63) is 53.6 Å². The summed E-state index contributed by atoms with van der Waals surface area (Å²) in [5.41, 5.74) is 8.07. The molecular weight excluding hydrogens is 352 g/mol. The van der Waals surface area contributed by atoms with Gasteiger partial charge < -0.3 is 20.9 Å². The molecule has 28 heavy (non-hydrogen) atoms. The molecule has 1 amide bonds. The zero-order chi connectivity index (χ0) is 22.2. The first kappa shape index (κ1) is 27.9. The summed E-state index contributed by atoms with van der Waals surface area (Å²) in [5, 5.41) is 12.1. The monoisotopic (exact) mass is 392 g/mol. The highest BCUT2D eigenvalue weighted by Gasteiger charge is 2.19. The van der Waals surface area contributed by atoms with Crippen LogP contribution in [0.15, 0.2) is 48.1 Å². The van der Waals surface area contributed by atoms with Gasteiger partial charge in [0.25, 0.3) is 0 Å². The van der Waals surface area contributed by atoms with Gasteiger partial charge in [-0.1, -0.05) is 69.7 Å². The molecule has 0 bridgehead atoms. The van der Waals surface area contributed by atoms with Gasteiger partial charge in [-0.2, -0.15) is 0 Å². The van der Waals surface area contributed by atoms with Crippen molar-refractivity contribution in [1.82, 2.24) is 5.32 Å². The third-order valence-corrected chi connectivity index (χ3v) is 3.16. The molecule has 1 aromatic rings. The number of benzene rings is 1. The zero-order valence-corrected chi connectivity index (χ0v) is 18.9. The molecule has 160 valence electrons. The Balaban J connectivity index is 0. The lowest BCUT2D eigenvalue weighted by Gasteiger charge is -2.22. The fourth-order valence-electron chi connectivity index (χ4n) is 2.05. The zero-order valence-electron chi connectivity index (χ0n) is 18.9. The van der Waals surface area contributed by atoms with Gasteiger partial charge >= 0.3 is 6.09 Å². The molecule has 1 rings (SSSR count). The highest BCUT2D eigenvalue weighted by Crippen LogP contribution is 2.12. The predicted octanol–water partition coefficient (Wildman–Crippen LogP) is 5.26. The van der Waals surface area contributed by atoms with Crippen LogP contribution in [0.1, 0.15) is 67.4 Å². The van der Waals surface area contributed by atoms with Crippen molar-refractivity contribution in [2.45, 2.75) is 73.5 Å². The highest BCUT2D eigenvalue weighted by molar-refractivity contribution is 5.68. The molecule has 0 aliphatic heterocycles. The summed E-state index contributed by atoms with van der Waals surface area (Å²) in [6.45, 7) is 15.1. The summed E-state index contributed by atoms with van der Waals surface area (Å²) < 4.78 is 5.20. The summed E-state index contributed by atoms with van der Waals surface area (Å²) >= 11 is 0. The van der Waals surface area contributed by atoms with Crippen LogP contribution in [0.4, 0.5) is 4.79 Å². The van der Waals surface area contributed by atoms with Crippen LogP contribution in [0.5, 0.6) is 0 Å². The Morgan fingerprint density at radius 2 is 1.68 bits per heavy atom. The number of carbonyl (C=O) groups excluding carboxylic acids is 1. The molecule has 0 radical (unpaired) electrons. The van der Waals surface area contributed by atoms with Crippen LogP contribution >= 0.6 is 0 Å². The van der Waals surface area contributed by atoms with Gasteiger partial charge in [-0.15, -0.1) is 0 Å². The van der Waals surface area contributed by atoms with Gasteiger partial charge in [-0.3, -0.25) is 0 Å². The van der Waals surface area contributed by atoms with E-state index in [0.717, 1.165) is 11.1 Å². The van der Waals surface area contributed by atoms with E-state index in [9.17, 15) is 9.90 Å². The third kappa shape index (κ3) is 13.9. The molecular formula is C23H40N2O3.